The number of aromatic nitrogens is 2. The van der Waals surface area contributed by atoms with Crippen LogP contribution in [0.5, 0.6) is 0 Å². The van der Waals surface area contributed by atoms with Gasteiger partial charge in [-0.05, 0) is 11.1 Å². The van der Waals surface area contributed by atoms with Crippen molar-refractivity contribution in [1.82, 2.24) is 9.13 Å². The molecule has 0 saturated carbocycles. The van der Waals surface area contributed by atoms with Crippen LogP contribution in [0.3, 0.4) is 0 Å². The maximum absolute atomic E-state index is 11.8. The van der Waals surface area contributed by atoms with E-state index in [0.29, 0.717) is 11.1 Å². The van der Waals surface area contributed by atoms with E-state index in [-0.39, 0.29) is 13.0 Å². The number of rotatable bonds is 4. The number of aliphatic carboxylic acids is 1. The van der Waals surface area contributed by atoms with Crippen LogP contribution in [0.2, 0.25) is 0 Å². The molecular weight excluding hydrogens is 260 g/mol. The monoisotopic (exact) mass is 274 g/mol. The molecule has 0 aliphatic carbocycles. The van der Waals surface area contributed by atoms with Crippen molar-refractivity contribution in [2.75, 3.05) is 0 Å². The molecule has 0 saturated heterocycles. The van der Waals surface area contributed by atoms with Crippen LogP contribution in [-0.2, 0) is 24.8 Å². The molecular formula is C14H14N2O4. The Balaban J connectivity index is 2.41. The Morgan fingerprint density at radius 1 is 1.10 bits per heavy atom. The summed E-state index contributed by atoms with van der Waals surface area (Å²) in [6, 6.07) is 6.97. The van der Waals surface area contributed by atoms with Gasteiger partial charge in [-0.1, -0.05) is 24.3 Å². The lowest BCUT2D eigenvalue weighted by Gasteiger charge is -2.10. The largest absolute Gasteiger partial charge is 0.481 e. The normalized spacial score (nSPS) is 10.4. The number of carboxylic acids is 1. The number of benzene rings is 1. The van der Waals surface area contributed by atoms with E-state index in [9.17, 15) is 14.4 Å². The lowest BCUT2D eigenvalue weighted by molar-refractivity contribution is -0.136. The van der Waals surface area contributed by atoms with Crippen LogP contribution in [0, 0.1) is 0 Å². The SMILES string of the molecule is Cn1ccn(Cc2ccccc2CC(=O)O)c(=O)c1=O. The first-order valence-electron chi connectivity index (χ1n) is 6.03. The molecule has 0 unspecified atom stereocenters. The Hall–Kier alpha value is -2.63. The third-order valence-electron chi connectivity index (χ3n) is 3.04. The van der Waals surface area contributed by atoms with Crippen molar-refractivity contribution in [1.29, 1.82) is 0 Å². The van der Waals surface area contributed by atoms with Gasteiger partial charge in [-0.3, -0.25) is 14.4 Å². The number of nitrogens with zero attached hydrogens (tertiary/aromatic N) is 2. The molecule has 0 aliphatic heterocycles. The van der Waals surface area contributed by atoms with Crippen molar-refractivity contribution < 1.29 is 9.90 Å². The first kappa shape index (κ1) is 13.8. The van der Waals surface area contributed by atoms with Gasteiger partial charge in [0.05, 0.1) is 13.0 Å². The van der Waals surface area contributed by atoms with Crippen molar-refractivity contribution in [2.24, 2.45) is 7.05 Å². The fourth-order valence-corrected chi connectivity index (χ4v) is 1.94. The summed E-state index contributed by atoms with van der Waals surface area (Å²) in [5, 5.41) is 8.87. The second-order valence-corrected chi connectivity index (χ2v) is 4.49. The summed E-state index contributed by atoms with van der Waals surface area (Å²) in [6.07, 6.45) is 2.90. The van der Waals surface area contributed by atoms with Crippen molar-refractivity contribution in [2.45, 2.75) is 13.0 Å². The topological polar surface area (TPSA) is 81.3 Å². The van der Waals surface area contributed by atoms with E-state index in [1.807, 2.05) is 0 Å². The van der Waals surface area contributed by atoms with E-state index in [0.717, 1.165) is 0 Å². The molecule has 0 atom stereocenters. The van der Waals surface area contributed by atoms with Gasteiger partial charge in [0, 0.05) is 19.4 Å². The fourth-order valence-electron chi connectivity index (χ4n) is 1.94. The summed E-state index contributed by atoms with van der Waals surface area (Å²) in [5.74, 6) is -0.936. The van der Waals surface area contributed by atoms with Crippen molar-refractivity contribution in [3.63, 3.8) is 0 Å². The Labute approximate surface area is 114 Å². The number of aryl methyl sites for hydroxylation is 1. The highest BCUT2D eigenvalue weighted by atomic mass is 16.4. The van der Waals surface area contributed by atoms with E-state index in [1.165, 1.54) is 28.6 Å². The minimum Gasteiger partial charge on any atom is -0.481 e. The fraction of sp³-hybridized carbons (Fsp3) is 0.214. The maximum atomic E-state index is 11.8. The molecule has 2 aromatic rings. The molecule has 0 aliphatic rings. The van der Waals surface area contributed by atoms with Gasteiger partial charge in [0.25, 0.3) is 0 Å². The van der Waals surface area contributed by atoms with Crippen LogP contribution < -0.4 is 11.1 Å². The first-order chi connectivity index (χ1) is 9.49. The second-order valence-electron chi connectivity index (χ2n) is 4.49. The molecule has 2 rings (SSSR count). The van der Waals surface area contributed by atoms with Crippen molar-refractivity contribution >= 4 is 5.97 Å². The predicted molar refractivity (Wildman–Crippen MR) is 72.8 cm³/mol. The Morgan fingerprint density at radius 2 is 1.75 bits per heavy atom. The van der Waals surface area contributed by atoms with E-state index in [4.69, 9.17) is 5.11 Å². The average Bonchev–Trinajstić information content (AvgIpc) is 2.41. The minimum absolute atomic E-state index is 0.115. The highest BCUT2D eigenvalue weighted by Crippen LogP contribution is 2.10. The Kier molecular flexibility index (Phi) is 3.84. The second kappa shape index (κ2) is 5.56. The van der Waals surface area contributed by atoms with Gasteiger partial charge in [0.2, 0.25) is 0 Å². The molecule has 1 aromatic heterocycles. The highest BCUT2D eigenvalue weighted by molar-refractivity contribution is 5.70. The Morgan fingerprint density at radius 3 is 2.40 bits per heavy atom. The molecule has 1 N–H and O–H groups in total. The van der Waals surface area contributed by atoms with Crippen LogP contribution in [0.1, 0.15) is 11.1 Å². The summed E-state index contributed by atoms with van der Waals surface area (Å²) < 4.78 is 2.49. The zero-order valence-corrected chi connectivity index (χ0v) is 10.9. The quantitative estimate of drug-likeness (QED) is 0.809. The van der Waals surface area contributed by atoms with Gasteiger partial charge in [0.15, 0.2) is 0 Å². The van der Waals surface area contributed by atoms with Crippen LogP contribution >= 0.6 is 0 Å². The van der Waals surface area contributed by atoms with Crippen LogP contribution in [0.15, 0.2) is 46.2 Å². The van der Waals surface area contributed by atoms with Crippen LogP contribution in [-0.4, -0.2) is 20.2 Å². The van der Waals surface area contributed by atoms with E-state index in [1.54, 1.807) is 24.3 Å². The van der Waals surface area contributed by atoms with Gasteiger partial charge >= 0.3 is 17.1 Å². The highest BCUT2D eigenvalue weighted by Gasteiger charge is 2.09. The molecule has 0 radical (unpaired) electrons. The molecule has 0 bridgehead atoms. The molecule has 6 heteroatoms. The van der Waals surface area contributed by atoms with Gasteiger partial charge in [0.1, 0.15) is 0 Å². The minimum atomic E-state index is -0.936. The van der Waals surface area contributed by atoms with Gasteiger partial charge in [-0.15, -0.1) is 0 Å². The lowest BCUT2D eigenvalue weighted by atomic mass is 10.0. The summed E-state index contributed by atoms with van der Waals surface area (Å²) in [4.78, 5) is 34.2. The first-order valence-corrected chi connectivity index (χ1v) is 6.03. The number of hydrogen-bond acceptors (Lipinski definition) is 3. The van der Waals surface area contributed by atoms with Gasteiger partial charge in [-0.25, -0.2) is 0 Å². The number of carbonyl (C=O) groups is 1. The summed E-state index contributed by atoms with van der Waals surface area (Å²) in [7, 11) is 1.51. The average molecular weight is 274 g/mol. The van der Waals surface area contributed by atoms with Gasteiger partial charge in [-0.2, -0.15) is 0 Å². The summed E-state index contributed by atoms with van der Waals surface area (Å²) >= 11 is 0. The maximum Gasteiger partial charge on any atom is 0.316 e. The standard InChI is InChI=1S/C14H14N2O4/c1-15-6-7-16(14(20)13(15)19)9-11-5-3-2-4-10(11)8-12(17)18/h2-7H,8-9H2,1H3,(H,17,18). The Bertz CT molecular complexity index is 758. The van der Waals surface area contributed by atoms with Gasteiger partial charge < -0.3 is 14.2 Å². The van der Waals surface area contributed by atoms with Crippen molar-refractivity contribution in [3.05, 3.63) is 68.5 Å². The number of hydrogen-bond donors (Lipinski definition) is 1. The summed E-state index contributed by atoms with van der Waals surface area (Å²) in [5.41, 5.74) is 0.112. The molecule has 6 nitrogen and oxygen atoms in total. The van der Waals surface area contributed by atoms with E-state index < -0.39 is 17.1 Å². The molecule has 0 amide bonds. The molecule has 1 aromatic carbocycles. The van der Waals surface area contributed by atoms with Crippen LogP contribution in [0.25, 0.3) is 0 Å². The molecule has 0 spiro atoms. The van der Waals surface area contributed by atoms with E-state index in [2.05, 4.69) is 0 Å². The number of carboxylic acid groups (broad SMARTS) is 1. The van der Waals surface area contributed by atoms with Crippen LogP contribution in [0.4, 0.5) is 0 Å². The third-order valence-corrected chi connectivity index (χ3v) is 3.04. The lowest BCUT2D eigenvalue weighted by Crippen LogP contribution is -2.39. The third kappa shape index (κ3) is 2.85. The molecule has 1 heterocycles. The zero-order chi connectivity index (χ0) is 14.7. The van der Waals surface area contributed by atoms with Crippen molar-refractivity contribution in [3.8, 4) is 0 Å². The molecule has 0 fully saturated rings. The molecule has 20 heavy (non-hydrogen) atoms. The molecule has 104 valence electrons. The predicted octanol–water partition coefficient (Wildman–Crippen LogP) is 0.222. The summed E-state index contributed by atoms with van der Waals surface area (Å²) in [6.45, 7) is 0.179. The van der Waals surface area contributed by atoms with E-state index >= 15 is 0 Å². The zero-order valence-electron chi connectivity index (χ0n) is 10.9. The smallest absolute Gasteiger partial charge is 0.316 e.